The molecule has 0 bridgehead atoms. The zero-order valence-corrected chi connectivity index (χ0v) is 12.6. The largest absolute Gasteiger partial charge is 0.497 e. The number of carbonyl (C=O) groups is 1. The Bertz CT molecular complexity index is 756. The van der Waals surface area contributed by atoms with Crippen LogP contribution in [0.3, 0.4) is 0 Å². The van der Waals surface area contributed by atoms with Crippen LogP contribution in [0.15, 0.2) is 65.9 Å². The predicted molar refractivity (Wildman–Crippen MR) is 88.1 cm³/mol. The summed E-state index contributed by atoms with van der Waals surface area (Å²) in [6.07, 6.45) is 1.99. The minimum Gasteiger partial charge on any atom is -0.497 e. The lowest BCUT2D eigenvalue weighted by Crippen LogP contribution is -2.15. The number of allylic oxidation sites excluding steroid dienone is 1. The lowest BCUT2D eigenvalue weighted by atomic mass is 10.0. The molecule has 1 heterocycles. The third-order valence-electron chi connectivity index (χ3n) is 3.74. The highest BCUT2D eigenvalue weighted by Gasteiger charge is 2.25. The number of hydrogen-bond acceptors (Lipinski definition) is 2. The predicted octanol–water partition coefficient (Wildman–Crippen LogP) is 3.64. The first-order valence-electron chi connectivity index (χ1n) is 7.13. The van der Waals surface area contributed by atoms with E-state index < -0.39 is 0 Å². The molecule has 3 heteroatoms. The van der Waals surface area contributed by atoms with E-state index in [1.807, 2.05) is 67.6 Å². The van der Waals surface area contributed by atoms with Crippen LogP contribution < -0.4 is 10.1 Å². The third-order valence-corrected chi connectivity index (χ3v) is 3.74. The lowest BCUT2D eigenvalue weighted by Gasteiger charge is -2.03. The van der Waals surface area contributed by atoms with Crippen molar-refractivity contribution in [3.8, 4) is 5.75 Å². The van der Waals surface area contributed by atoms with Gasteiger partial charge in [0.2, 0.25) is 0 Å². The number of carbonyl (C=O) groups excluding carboxylic acids is 1. The first kappa shape index (κ1) is 14.1. The van der Waals surface area contributed by atoms with E-state index in [9.17, 15) is 4.79 Å². The van der Waals surface area contributed by atoms with E-state index in [0.717, 1.165) is 28.1 Å². The average Bonchev–Trinajstić information content (AvgIpc) is 2.82. The molecular formula is C19H17NO2. The molecule has 0 spiro atoms. The SMILES string of the molecule is COc1ccc(C2=C(C)/C(=C/c3ccccc3)NC2=O)cc1. The normalized spacial score (nSPS) is 16.1. The van der Waals surface area contributed by atoms with Crippen LogP contribution in [-0.4, -0.2) is 13.0 Å². The smallest absolute Gasteiger partial charge is 0.256 e. The van der Waals surface area contributed by atoms with E-state index in [1.165, 1.54) is 0 Å². The zero-order valence-electron chi connectivity index (χ0n) is 12.6. The van der Waals surface area contributed by atoms with Crippen molar-refractivity contribution in [3.63, 3.8) is 0 Å². The van der Waals surface area contributed by atoms with Gasteiger partial charge in [-0.2, -0.15) is 0 Å². The van der Waals surface area contributed by atoms with Crippen LogP contribution in [0.2, 0.25) is 0 Å². The number of benzene rings is 2. The van der Waals surface area contributed by atoms with Gasteiger partial charge in [-0.15, -0.1) is 0 Å². The summed E-state index contributed by atoms with van der Waals surface area (Å²) < 4.78 is 5.16. The maximum absolute atomic E-state index is 12.3. The minimum atomic E-state index is -0.0650. The molecular weight excluding hydrogens is 274 g/mol. The summed E-state index contributed by atoms with van der Waals surface area (Å²) in [6, 6.07) is 17.5. The monoisotopic (exact) mass is 291 g/mol. The molecule has 1 aliphatic rings. The maximum atomic E-state index is 12.3. The van der Waals surface area contributed by atoms with Crippen LogP contribution in [0.4, 0.5) is 0 Å². The fraction of sp³-hybridized carbons (Fsp3) is 0.105. The van der Waals surface area contributed by atoms with Crippen LogP contribution in [0, 0.1) is 0 Å². The molecule has 22 heavy (non-hydrogen) atoms. The van der Waals surface area contributed by atoms with Gasteiger partial charge in [-0.25, -0.2) is 0 Å². The van der Waals surface area contributed by atoms with E-state index in [4.69, 9.17) is 4.74 Å². The van der Waals surface area contributed by atoms with Crippen LogP contribution in [0.5, 0.6) is 5.75 Å². The van der Waals surface area contributed by atoms with E-state index in [0.29, 0.717) is 5.57 Å². The highest BCUT2D eigenvalue weighted by molar-refractivity contribution is 6.25. The fourth-order valence-electron chi connectivity index (χ4n) is 2.55. The number of amides is 1. The lowest BCUT2D eigenvalue weighted by molar-refractivity contribution is -0.114. The number of hydrogen-bond donors (Lipinski definition) is 1. The minimum absolute atomic E-state index is 0.0650. The molecule has 1 aliphatic heterocycles. The molecule has 0 radical (unpaired) electrons. The molecule has 0 aromatic heterocycles. The van der Waals surface area contributed by atoms with Gasteiger partial charge in [-0.05, 0) is 41.8 Å². The number of ether oxygens (including phenoxy) is 1. The van der Waals surface area contributed by atoms with Gasteiger partial charge >= 0.3 is 0 Å². The van der Waals surface area contributed by atoms with Crippen LogP contribution in [0.25, 0.3) is 11.6 Å². The molecule has 0 saturated heterocycles. The molecule has 0 saturated carbocycles. The standard InChI is InChI=1S/C19H17NO2/c1-13-17(12-14-6-4-3-5-7-14)20-19(21)18(13)15-8-10-16(22-2)11-9-15/h3-12H,1-2H3,(H,20,21)/b17-12-. The maximum Gasteiger partial charge on any atom is 0.256 e. The molecule has 1 amide bonds. The molecule has 0 fully saturated rings. The Morgan fingerprint density at radius 2 is 1.68 bits per heavy atom. The molecule has 3 nitrogen and oxygen atoms in total. The number of methoxy groups -OCH3 is 1. The van der Waals surface area contributed by atoms with Gasteiger partial charge in [-0.1, -0.05) is 42.5 Å². The topological polar surface area (TPSA) is 38.3 Å². The second-order valence-corrected chi connectivity index (χ2v) is 5.15. The Hall–Kier alpha value is -2.81. The quantitative estimate of drug-likeness (QED) is 0.937. The first-order chi connectivity index (χ1) is 10.7. The third kappa shape index (κ3) is 2.66. The molecule has 0 unspecified atom stereocenters. The van der Waals surface area contributed by atoms with Crippen molar-refractivity contribution in [1.29, 1.82) is 0 Å². The Kier molecular flexibility index (Phi) is 3.79. The van der Waals surface area contributed by atoms with E-state index >= 15 is 0 Å². The second kappa shape index (κ2) is 5.90. The van der Waals surface area contributed by atoms with Gasteiger partial charge in [-0.3, -0.25) is 4.79 Å². The van der Waals surface area contributed by atoms with Gasteiger partial charge in [0.15, 0.2) is 0 Å². The van der Waals surface area contributed by atoms with Crippen molar-refractivity contribution in [2.24, 2.45) is 0 Å². The molecule has 1 N–H and O–H groups in total. The molecule has 0 aliphatic carbocycles. The summed E-state index contributed by atoms with van der Waals surface area (Å²) in [5.41, 5.74) is 4.48. The van der Waals surface area contributed by atoms with Gasteiger partial charge < -0.3 is 10.1 Å². The zero-order chi connectivity index (χ0) is 15.5. The van der Waals surface area contributed by atoms with Crippen LogP contribution in [0.1, 0.15) is 18.1 Å². The summed E-state index contributed by atoms with van der Waals surface area (Å²) in [6.45, 7) is 1.96. The van der Waals surface area contributed by atoms with Crippen molar-refractivity contribution in [2.45, 2.75) is 6.92 Å². The first-order valence-corrected chi connectivity index (χ1v) is 7.13. The molecule has 0 atom stereocenters. The highest BCUT2D eigenvalue weighted by atomic mass is 16.5. The van der Waals surface area contributed by atoms with Crippen molar-refractivity contribution in [1.82, 2.24) is 5.32 Å². The Morgan fingerprint density at radius 1 is 1.00 bits per heavy atom. The number of rotatable bonds is 3. The van der Waals surface area contributed by atoms with Crippen molar-refractivity contribution >= 4 is 17.6 Å². The summed E-state index contributed by atoms with van der Waals surface area (Å²) in [7, 11) is 1.63. The second-order valence-electron chi connectivity index (χ2n) is 5.15. The Labute approximate surface area is 129 Å². The average molecular weight is 291 g/mol. The van der Waals surface area contributed by atoms with Crippen LogP contribution >= 0.6 is 0 Å². The van der Waals surface area contributed by atoms with Gasteiger partial charge in [0, 0.05) is 5.70 Å². The van der Waals surface area contributed by atoms with Gasteiger partial charge in [0.05, 0.1) is 12.7 Å². The van der Waals surface area contributed by atoms with E-state index in [-0.39, 0.29) is 5.91 Å². The molecule has 2 aromatic carbocycles. The molecule has 3 rings (SSSR count). The summed E-state index contributed by atoms with van der Waals surface area (Å²) >= 11 is 0. The van der Waals surface area contributed by atoms with Crippen LogP contribution in [-0.2, 0) is 4.79 Å². The highest BCUT2D eigenvalue weighted by Crippen LogP contribution is 2.30. The Balaban J connectivity index is 1.99. The van der Waals surface area contributed by atoms with Crippen molar-refractivity contribution < 1.29 is 9.53 Å². The summed E-state index contributed by atoms with van der Waals surface area (Å²) in [5.74, 6) is 0.713. The molecule has 110 valence electrons. The summed E-state index contributed by atoms with van der Waals surface area (Å²) in [4.78, 5) is 12.3. The van der Waals surface area contributed by atoms with Crippen molar-refractivity contribution in [3.05, 3.63) is 77.0 Å². The fourth-order valence-corrected chi connectivity index (χ4v) is 2.55. The summed E-state index contributed by atoms with van der Waals surface area (Å²) in [5, 5.41) is 2.95. The number of nitrogens with one attached hydrogen (secondary N) is 1. The van der Waals surface area contributed by atoms with Crippen molar-refractivity contribution in [2.75, 3.05) is 7.11 Å². The van der Waals surface area contributed by atoms with E-state index in [2.05, 4.69) is 5.32 Å². The Morgan fingerprint density at radius 3 is 2.32 bits per heavy atom. The van der Waals surface area contributed by atoms with Gasteiger partial charge in [0.25, 0.3) is 5.91 Å². The molecule has 2 aromatic rings. The van der Waals surface area contributed by atoms with Gasteiger partial charge in [0.1, 0.15) is 5.75 Å². The van der Waals surface area contributed by atoms with E-state index in [1.54, 1.807) is 7.11 Å².